The molecule has 4 N–H and O–H groups in total. The third kappa shape index (κ3) is 2.57. The molecule has 6 nitrogen and oxygen atoms in total. The Bertz CT molecular complexity index is 743. The first-order valence-corrected chi connectivity index (χ1v) is 7.13. The second-order valence-electron chi connectivity index (χ2n) is 3.98. The number of hydrogen-bond donors (Lipinski definition) is 3. The summed E-state index contributed by atoms with van der Waals surface area (Å²) in [5.41, 5.74) is 4.60. The average Bonchev–Trinajstić information content (AvgIpc) is 2.89. The molecule has 0 fully saturated rings. The van der Waals surface area contributed by atoms with Crippen molar-refractivity contribution >= 4 is 21.4 Å². The number of aromatic amines is 1. The minimum Gasteiger partial charge on any atom is -0.397 e. The fraction of sp³-hybridized carbons (Fsp3) is 0.182. The molecule has 2 rings (SSSR count). The summed E-state index contributed by atoms with van der Waals surface area (Å²) in [6.07, 6.45) is 1.60. The van der Waals surface area contributed by atoms with Crippen LogP contribution >= 0.6 is 0 Å². The van der Waals surface area contributed by atoms with E-state index in [4.69, 9.17) is 5.73 Å². The molecule has 0 spiro atoms. The first-order chi connectivity index (χ1) is 9.35. The van der Waals surface area contributed by atoms with Crippen LogP contribution in [0.4, 0.5) is 20.2 Å². The van der Waals surface area contributed by atoms with Crippen molar-refractivity contribution in [3.63, 3.8) is 0 Å². The van der Waals surface area contributed by atoms with E-state index in [-0.39, 0.29) is 10.7 Å². The smallest absolute Gasteiger partial charge is 0.279 e. The van der Waals surface area contributed by atoms with Gasteiger partial charge in [0.15, 0.2) is 16.7 Å². The fourth-order valence-electron chi connectivity index (χ4n) is 1.52. The number of rotatable bonds is 4. The van der Waals surface area contributed by atoms with Crippen LogP contribution in [0.3, 0.4) is 0 Å². The first-order valence-electron chi connectivity index (χ1n) is 5.65. The molecule has 20 heavy (non-hydrogen) atoms. The number of benzene rings is 1. The molecule has 1 aromatic heterocycles. The highest BCUT2D eigenvalue weighted by Crippen LogP contribution is 2.26. The van der Waals surface area contributed by atoms with Gasteiger partial charge in [-0.3, -0.25) is 4.72 Å². The summed E-state index contributed by atoms with van der Waals surface area (Å²) < 4.78 is 52.6. The van der Waals surface area contributed by atoms with E-state index < -0.39 is 27.3 Å². The minimum absolute atomic E-state index is 0.220. The Morgan fingerprint density at radius 1 is 1.40 bits per heavy atom. The van der Waals surface area contributed by atoms with Crippen LogP contribution in [0.2, 0.25) is 0 Å². The predicted octanol–water partition coefficient (Wildman–Crippen LogP) is 1.63. The molecule has 0 saturated heterocycles. The summed E-state index contributed by atoms with van der Waals surface area (Å²) in [5, 5.41) is -0.252. The molecule has 0 bridgehead atoms. The van der Waals surface area contributed by atoms with Crippen molar-refractivity contribution in [2.45, 2.75) is 18.4 Å². The molecule has 0 atom stereocenters. The number of nitrogens with zero attached hydrogens (tertiary/aromatic N) is 1. The molecule has 0 saturated carbocycles. The summed E-state index contributed by atoms with van der Waals surface area (Å²) >= 11 is 0. The van der Waals surface area contributed by atoms with Crippen LogP contribution in [0.25, 0.3) is 0 Å². The molecule has 0 radical (unpaired) electrons. The normalized spacial score (nSPS) is 11.6. The van der Waals surface area contributed by atoms with Crippen LogP contribution in [0, 0.1) is 11.6 Å². The molecule has 1 heterocycles. The maximum atomic E-state index is 13.6. The number of aromatic nitrogens is 2. The van der Waals surface area contributed by atoms with E-state index in [0.29, 0.717) is 12.2 Å². The number of nitrogens with one attached hydrogen (secondary N) is 2. The molecule has 0 aliphatic rings. The molecule has 108 valence electrons. The van der Waals surface area contributed by atoms with Gasteiger partial charge < -0.3 is 10.7 Å². The summed E-state index contributed by atoms with van der Waals surface area (Å²) in [5.74, 6) is -2.10. The monoisotopic (exact) mass is 302 g/mol. The second kappa shape index (κ2) is 5.08. The lowest BCUT2D eigenvalue weighted by molar-refractivity contribution is 0.512. The van der Waals surface area contributed by atoms with Gasteiger partial charge in [-0.2, -0.15) is 8.42 Å². The van der Waals surface area contributed by atoms with Crippen LogP contribution < -0.4 is 10.5 Å². The molecule has 0 aliphatic carbocycles. The van der Waals surface area contributed by atoms with Crippen LogP contribution in [-0.4, -0.2) is 18.4 Å². The molecule has 9 heteroatoms. The zero-order valence-electron chi connectivity index (χ0n) is 10.4. The summed E-state index contributed by atoms with van der Waals surface area (Å²) in [6, 6.07) is 1.88. The number of hydrogen-bond acceptors (Lipinski definition) is 4. The van der Waals surface area contributed by atoms with E-state index in [1.165, 1.54) is 0 Å². The third-order valence-electron chi connectivity index (χ3n) is 2.59. The lowest BCUT2D eigenvalue weighted by atomic mass is 10.2. The lowest BCUT2D eigenvalue weighted by Gasteiger charge is -2.10. The van der Waals surface area contributed by atoms with Gasteiger partial charge in [-0.15, -0.1) is 0 Å². The Balaban J connectivity index is 2.41. The fourth-order valence-corrected chi connectivity index (χ4v) is 2.55. The number of anilines is 2. The van der Waals surface area contributed by atoms with Crippen LogP contribution in [0.15, 0.2) is 23.4 Å². The van der Waals surface area contributed by atoms with Crippen LogP contribution in [-0.2, 0) is 16.4 Å². The van der Waals surface area contributed by atoms with Crippen molar-refractivity contribution in [1.82, 2.24) is 9.97 Å². The molecule has 0 unspecified atom stereocenters. The standard InChI is InChI=1S/C11H12F2N4O2S/c1-2-8-15-5-9(16-8)20(18,19)17-11-7(14)4-3-6(12)10(11)13/h3-5,17H,2,14H2,1H3,(H,15,16). The molecule has 2 aromatic rings. The zero-order chi connectivity index (χ0) is 14.9. The lowest BCUT2D eigenvalue weighted by Crippen LogP contribution is -2.16. The Labute approximate surface area is 114 Å². The van der Waals surface area contributed by atoms with E-state index in [0.717, 1.165) is 18.3 Å². The Morgan fingerprint density at radius 2 is 2.10 bits per heavy atom. The topological polar surface area (TPSA) is 101 Å². The minimum atomic E-state index is -4.12. The van der Waals surface area contributed by atoms with Crippen molar-refractivity contribution in [1.29, 1.82) is 0 Å². The molecule has 0 aliphatic heterocycles. The molecule has 1 aromatic carbocycles. The average molecular weight is 302 g/mol. The predicted molar refractivity (Wildman–Crippen MR) is 69.5 cm³/mol. The van der Waals surface area contributed by atoms with Crippen LogP contribution in [0.1, 0.15) is 12.7 Å². The quantitative estimate of drug-likeness (QED) is 0.747. The number of nitrogen functional groups attached to an aromatic ring is 1. The highest BCUT2D eigenvalue weighted by atomic mass is 32.2. The Kier molecular flexibility index (Phi) is 3.62. The number of H-pyrrole nitrogens is 1. The van der Waals surface area contributed by atoms with Crippen molar-refractivity contribution < 1.29 is 17.2 Å². The van der Waals surface area contributed by atoms with E-state index in [9.17, 15) is 17.2 Å². The van der Waals surface area contributed by atoms with Crippen LogP contribution in [0.5, 0.6) is 0 Å². The summed E-state index contributed by atoms with van der Waals surface area (Å²) in [7, 11) is -4.12. The van der Waals surface area contributed by atoms with E-state index >= 15 is 0 Å². The third-order valence-corrected chi connectivity index (χ3v) is 3.85. The van der Waals surface area contributed by atoms with Gasteiger partial charge in [0.05, 0.1) is 11.9 Å². The first kappa shape index (κ1) is 14.3. The number of aryl methyl sites for hydroxylation is 1. The van der Waals surface area contributed by atoms with Gasteiger partial charge in [-0.05, 0) is 12.1 Å². The van der Waals surface area contributed by atoms with E-state index in [1.807, 2.05) is 4.72 Å². The van der Waals surface area contributed by atoms with Gasteiger partial charge in [0.2, 0.25) is 0 Å². The van der Waals surface area contributed by atoms with Gasteiger partial charge in [-0.25, -0.2) is 13.8 Å². The maximum Gasteiger partial charge on any atom is 0.279 e. The SMILES string of the molecule is CCc1ncc(S(=O)(=O)Nc2c(N)ccc(F)c2F)[nH]1. The Morgan fingerprint density at radius 3 is 2.70 bits per heavy atom. The number of sulfonamides is 1. The number of imidazole rings is 1. The number of nitrogens with two attached hydrogens (primary N) is 1. The van der Waals surface area contributed by atoms with Gasteiger partial charge in [-0.1, -0.05) is 6.92 Å². The summed E-state index contributed by atoms with van der Waals surface area (Å²) in [4.78, 5) is 6.39. The van der Waals surface area contributed by atoms with Gasteiger partial charge >= 0.3 is 0 Å². The molecule has 0 amide bonds. The van der Waals surface area contributed by atoms with Gasteiger partial charge in [0, 0.05) is 6.42 Å². The van der Waals surface area contributed by atoms with Crippen molar-refractivity contribution in [2.75, 3.05) is 10.5 Å². The second-order valence-corrected chi connectivity index (χ2v) is 5.63. The Hall–Kier alpha value is -2.16. The van der Waals surface area contributed by atoms with E-state index in [1.54, 1.807) is 6.92 Å². The van der Waals surface area contributed by atoms with E-state index in [2.05, 4.69) is 9.97 Å². The van der Waals surface area contributed by atoms with Crippen molar-refractivity contribution in [3.8, 4) is 0 Å². The largest absolute Gasteiger partial charge is 0.397 e. The maximum absolute atomic E-state index is 13.6. The zero-order valence-corrected chi connectivity index (χ0v) is 11.3. The summed E-state index contributed by atoms with van der Waals surface area (Å²) in [6.45, 7) is 1.78. The highest BCUT2D eigenvalue weighted by Gasteiger charge is 2.22. The number of halogens is 2. The van der Waals surface area contributed by atoms with Gasteiger partial charge in [0.1, 0.15) is 11.5 Å². The highest BCUT2D eigenvalue weighted by molar-refractivity contribution is 7.92. The van der Waals surface area contributed by atoms with Crippen molar-refractivity contribution in [2.24, 2.45) is 0 Å². The van der Waals surface area contributed by atoms with Gasteiger partial charge in [0.25, 0.3) is 10.0 Å². The molecular formula is C11H12F2N4O2S. The van der Waals surface area contributed by atoms with Crippen molar-refractivity contribution in [3.05, 3.63) is 35.8 Å². The molecular weight excluding hydrogens is 290 g/mol.